The molecule has 2 rings (SSSR count). The summed E-state index contributed by atoms with van der Waals surface area (Å²) in [7, 11) is 0. The normalized spacial score (nSPS) is 12.5. The van der Waals surface area contributed by atoms with Crippen LogP contribution < -0.4 is 0 Å². The molecule has 2 aromatic rings. The minimum atomic E-state index is -0.122. The number of alkyl halides is 1. The quantitative estimate of drug-likeness (QED) is 0.718. The molecule has 2 heteroatoms. The van der Waals surface area contributed by atoms with Crippen LogP contribution in [0.2, 0.25) is 0 Å². The second-order valence-corrected chi connectivity index (χ2v) is 4.84. The maximum atomic E-state index is 6.50. The van der Waals surface area contributed by atoms with Gasteiger partial charge in [0, 0.05) is 11.4 Å². The number of aryl methyl sites for hydroxylation is 3. The summed E-state index contributed by atoms with van der Waals surface area (Å²) in [4.78, 5) is 4.45. The van der Waals surface area contributed by atoms with Crippen LogP contribution in [-0.2, 0) is 0 Å². The molecule has 1 atom stereocenters. The molecule has 88 valence electrons. The number of aromatic nitrogens is 1. The molecule has 1 heterocycles. The van der Waals surface area contributed by atoms with Crippen LogP contribution in [0.25, 0.3) is 0 Å². The lowest BCUT2D eigenvalue weighted by atomic mass is 10.0. The van der Waals surface area contributed by atoms with E-state index in [1.165, 1.54) is 5.56 Å². The summed E-state index contributed by atoms with van der Waals surface area (Å²) in [6.45, 7) is 6.07. The van der Waals surface area contributed by atoms with Crippen molar-refractivity contribution in [3.8, 4) is 0 Å². The average Bonchev–Trinajstić information content (AvgIpc) is 2.29. The Labute approximate surface area is 107 Å². The van der Waals surface area contributed by atoms with E-state index in [4.69, 9.17) is 11.6 Å². The predicted molar refractivity (Wildman–Crippen MR) is 72.6 cm³/mol. The van der Waals surface area contributed by atoms with Gasteiger partial charge in [-0.3, -0.25) is 4.98 Å². The molecule has 0 aliphatic carbocycles. The van der Waals surface area contributed by atoms with Crippen molar-refractivity contribution in [3.05, 3.63) is 64.5 Å². The van der Waals surface area contributed by atoms with E-state index in [-0.39, 0.29) is 5.38 Å². The Bertz CT molecular complexity index is 517. The molecule has 1 nitrogen and oxygen atoms in total. The zero-order valence-electron chi connectivity index (χ0n) is 10.4. The van der Waals surface area contributed by atoms with Crippen molar-refractivity contribution in [2.75, 3.05) is 0 Å². The first kappa shape index (κ1) is 12.1. The van der Waals surface area contributed by atoms with Gasteiger partial charge in [0.25, 0.3) is 0 Å². The topological polar surface area (TPSA) is 12.9 Å². The highest BCUT2D eigenvalue weighted by Gasteiger charge is 2.13. The molecule has 0 saturated carbocycles. The highest BCUT2D eigenvalue weighted by atomic mass is 35.5. The Kier molecular flexibility index (Phi) is 3.49. The Morgan fingerprint density at radius 2 is 1.59 bits per heavy atom. The Morgan fingerprint density at radius 1 is 0.941 bits per heavy atom. The minimum Gasteiger partial charge on any atom is -0.258 e. The van der Waals surface area contributed by atoms with E-state index >= 15 is 0 Å². The molecule has 1 unspecified atom stereocenters. The van der Waals surface area contributed by atoms with Crippen LogP contribution in [-0.4, -0.2) is 4.98 Å². The van der Waals surface area contributed by atoms with E-state index in [1.807, 2.05) is 19.9 Å². The van der Waals surface area contributed by atoms with Gasteiger partial charge in [0.1, 0.15) is 0 Å². The van der Waals surface area contributed by atoms with E-state index < -0.39 is 0 Å². The zero-order chi connectivity index (χ0) is 12.4. The van der Waals surface area contributed by atoms with Crippen molar-refractivity contribution >= 4 is 11.6 Å². The summed E-state index contributed by atoms with van der Waals surface area (Å²) < 4.78 is 0. The fourth-order valence-electron chi connectivity index (χ4n) is 1.88. The molecule has 0 fully saturated rings. The molecule has 0 saturated heterocycles. The third kappa shape index (κ3) is 2.67. The highest BCUT2D eigenvalue weighted by Crippen LogP contribution is 2.30. The number of nitrogens with zero attached hydrogens (tertiary/aromatic N) is 1. The zero-order valence-corrected chi connectivity index (χ0v) is 11.1. The number of hydrogen-bond donors (Lipinski definition) is 0. The van der Waals surface area contributed by atoms with Gasteiger partial charge in [-0.05, 0) is 38.0 Å². The van der Waals surface area contributed by atoms with Crippen molar-refractivity contribution in [2.45, 2.75) is 26.1 Å². The molecule has 0 bridgehead atoms. The third-order valence-corrected chi connectivity index (χ3v) is 3.40. The van der Waals surface area contributed by atoms with Crippen molar-refractivity contribution in [1.29, 1.82) is 0 Å². The monoisotopic (exact) mass is 245 g/mol. The number of pyridine rings is 1. The molecule has 0 radical (unpaired) electrons. The van der Waals surface area contributed by atoms with E-state index in [0.717, 1.165) is 22.5 Å². The summed E-state index contributed by atoms with van der Waals surface area (Å²) in [5.74, 6) is 0. The Hall–Kier alpha value is -1.34. The highest BCUT2D eigenvalue weighted by molar-refractivity contribution is 6.22. The first-order valence-electron chi connectivity index (χ1n) is 5.72. The van der Waals surface area contributed by atoms with Crippen LogP contribution in [0.5, 0.6) is 0 Å². The number of benzene rings is 1. The van der Waals surface area contributed by atoms with Gasteiger partial charge < -0.3 is 0 Å². The lowest BCUT2D eigenvalue weighted by Crippen LogP contribution is -1.99. The molecular weight excluding hydrogens is 230 g/mol. The average molecular weight is 246 g/mol. The standard InChI is InChI=1S/C15H16ClN/c1-10-4-7-13(8-5-10)15(16)14-9-6-11(2)17-12(14)3/h4-9,15H,1-3H3. The van der Waals surface area contributed by atoms with Gasteiger partial charge in [-0.2, -0.15) is 0 Å². The molecule has 0 N–H and O–H groups in total. The van der Waals surface area contributed by atoms with Crippen LogP contribution >= 0.6 is 11.6 Å². The van der Waals surface area contributed by atoms with Crippen molar-refractivity contribution in [3.63, 3.8) is 0 Å². The molecule has 0 spiro atoms. The number of halogens is 1. The summed E-state index contributed by atoms with van der Waals surface area (Å²) in [6.07, 6.45) is 0. The van der Waals surface area contributed by atoms with Crippen LogP contribution in [0, 0.1) is 20.8 Å². The van der Waals surface area contributed by atoms with E-state index in [9.17, 15) is 0 Å². The molecule has 17 heavy (non-hydrogen) atoms. The maximum Gasteiger partial charge on any atom is 0.0852 e. The number of hydrogen-bond acceptors (Lipinski definition) is 1. The van der Waals surface area contributed by atoms with Crippen molar-refractivity contribution in [2.24, 2.45) is 0 Å². The lowest BCUT2D eigenvalue weighted by Gasteiger charge is -2.13. The second-order valence-electron chi connectivity index (χ2n) is 4.40. The summed E-state index contributed by atoms with van der Waals surface area (Å²) in [5.41, 5.74) is 5.48. The first-order valence-corrected chi connectivity index (χ1v) is 6.16. The van der Waals surface area contributed by atoms with E-state index in [0.29, 0.717) is 0 Å². The summed E-state index contributed by atoms with van der Waals surface area (Å²) in [6, 6.07) is 12.4. The largest absolute Gasteiger partial charge is 0.258 e. The molecule has 0 aliphatic rings. The van der Waals surface area contributed by atoms with Crippen LogP contribution in [0.3, 0.4) is 0 Å². The third-order valence-electron chi connectivity index (χ3n) is 2.91. The lowest BCUT2D eigenvalue weighted by molar-refractivity contribution is 1.02. The van der Waals surface area contributed by atoms with Gasteiger partial charge >= 0.3 is 0 Å². The van der Waals surface area contributed by atoms with Gasteiger partial charge in [-0.15, -0.1) is 11.6 Å². The molecular formula is C15H16ClN. The van der Waals surface area contributed by atoms with E-state index in [1.54, 1.807) is 0 Å². The SMILES string of the molecule is Cc1ccc(C(Cl)c2ccc(C)nc2C)cc1. The predicted octanol–water partition coefficient (Wildman–Crippen LogP) is 4.34. The van der Waals surface area contributed by atoms with Crippen LogP contribution in [0.4, 0.5) is 0 Å². The second kappa shape index (κ2) is 4.89. The molecule has 0 amide bonds. The molecule has 1 aromatic carbocycles. The van der Waals surface area contributed by atoms with Crippen molar-refractivity contribution < 1.29 is 0 Å². The number of rotatable bonds is 2. The Morgan fingerprint density at radius 3 is 2.18 bits per heavy atom. The maximum absolute atomic E-state index is 6.50. The Balaban J connectivity index is 2.36. The van der Waals surface area contributed by atoms with Crippen LogP contribution in [0.1, 0.15) is 33.5 Å². The molecule has 1 aromatic heterocycles. The minimum absolute atomic E-state index is 0.122. The first-order chi connectivity index (χ1) is 8.08. The summed E-state index contributed by atoms with van der Waals surface area (Å²) >= 11 is 6.50. The van der Waals surface area contributed by atoms with Gasteiger partial charge in [0.2, 0.25) is 0 Å². The smallest absolute Gasteiger partial charge is 0.0852 e. The van der Waals surface area contributed by atoms with Gasteiger partial charge in [-0.1, -0.05) is 35.9 Å². The van der Waals surface area contributed by atoms with Gasteiger partial charge in [-0.25, -0.2) is 0 Å². The fourth-order valence-corrected chi connectivity index (χ4v) is 2.26. The molecule has 0 aliphatic heterocycles. The van der Waals surface area contributed by atoms with Crippen molar-refractivity contribution in [1.82, 2.24) is 4.98 Å². The van der Waals surface area contributed by atoms with Gasteiger partial charge in [0.15, 0.2) is 0 Å². The van der Waals surface area contributed by atoms with E-state index in [2.05, 4.69) is 42.2 Å². The van der Waals surface area contributed by atoms with Gasteiger partial charge in [0.05, 0.1) is 5.38 Å². The fraction of sp³-hybridized carbons (Fsp3) is 0.267. The van der Waals surface area contributed by atoms with Crippen LogP contribution in [0.15, 0.2) is 36.4 Å². The summed E-state index contributed by atoms with van der Waals surface area (Å²) in [5, 5.41) is -0.122.